The smallest absolute Gasteiger partial charge is 0.324 e. The minimum atomic E-state index is -4.10. The van der Waals surface area contributed by atoms with E-state index in [-0.39, 0.29) is 10.6 Å². The van der Waals surface area contributed by atoms with Crippen LogP contribution >= 0.6 is 0 Å². The molecule has 0 aromatic heterocycles. The molecule has 1 atom stereocenters. The third-order valence-corrected chi connectivity index (χ3v) is 3.91. The van der Waals surface area contributed by atoms with E-state index in [0.717, 1.165) is 0 Å². The van der Waals surface area contributed by atoms with Crippen molar-refractivity contribution in [1.82, 2.24) is 4.72 Å². The first kappa shape index (κ1) is 16.2. The lowest BCUT2D eigenvalue weighted by atomic mass is 10.3. The molecule has 0 aliphatic rings. The van der Waals surface area contributed by atoms with Crippen molar-refractivity contribution < 1.29 is 32.9 Å². The summed E-state index contributed by atoms with van der Waals surface area (Å²) in [6, 6.07) is 2.19. The van der Waals surface area contributed by atoms with Gasteiger partial charge in [0, 0.05) is 6.07 Å². The van der Waals surface area contributed by atoms with Gasteiger partial charge in [-0.2, -0.15) is 4.72 Å². The number of ether oxygens (including phenoxy) is 2. The maximum absolute atomic E-state index is 12.0. The molecule has 0 saturated heterocycles. The molecule has 0 fully saturated rings. The van der Waals surface area contributed by atoms with Gasteiger partial charge in [-0.3, -0.25) is 4.79 Å². The molecular formula is C11H15NO7S. The van der Waals surface area contributed by atoms with E-state index in [0.29, 0.717) is 5.75 Å². The Balaban J connectivity index is 3.12. The van der Waals surface area contributed by atoms with Gasteiger partial charge in [-0.05, 0) is 12.1 Å². The van der Waals surface area contributed by atoms with Gasteiger partial charge in [0.2, 0.25) is 10.0 Å². The number of hydrogen-bond acceptors (Lipinski definition) is 6. The zero-order valence-corrected chi connectivity index (χ0v) is 11.7. The molecule has 0 heterocycles. The summed E-state index contributed by atoms with van der Waals surface area (Å²) in [6.45, 7) is -0.859. The largest absolute Gasteiger partial charge is 0.493 e. The summed E-state index contributed by atoms with van der Waals surface area (Å²) in [5.74, 6) is -0.953. The number of carboxylic acids is 1. The Labute approximate surface area is 116 Å². The monoisotopic (exact) mass is 305 g/mol. The van der Waals surface area contributed by atoms with E-state index in [1.54, 1.807) is 0 Å². The number of methoxy groups -OCH3 is 2. The van der Waals surface area contributed by atoms with E-state index >= 15 is 0 Å². The normalized spacial score (nSPS) is 12.8. The van der Waals surface area contributed by atoms with Crippen molar-refractivity contribution in [3.05, 3.63) is 18.2 Å². The number of hydrogen-bond donors (Lipinski definition) is 3. The third kappa shape index (κ3) is 3.59. The Bertz CT molecular complexity index is 584. The summed E-state index contributed by atoms with van der Waals surface area (Å²) in [6.07, 6.45) is 0. The number of nitrogens with one attached hydrogen (secondary N) is 1. The van der Waals surface area contributed by atoms with Crippen LogP contribution < -0.4 is 14.2 Å². The fraction of sp³-hybridized carbons (Fsp3) is 0.364. The lowest BCUT2D eigenvalue weighted by molar-refractivity contribution is -0.139. The molecule has 112 valence electrons. The van der Waals surface area contributed by atoms with Gasteiger partial charge in [-0.1, -0.05) is 0 Å². The van der Waals surface area contributed by atoms with Crippen molar-refractivity contribution in [2.24, 2.45) is 0 Å². The lowest BCUT2D eigenvalue weighted by Gasteiger charge is -2.14. The molecule has 8 nitrogen and oxygen atoms in total. The van der Waals surface area contributed by atoms with Crippen molar-refractivity contribution in [3.8, 4) is 11.5 Å². The fourth-order valence-electron chi connectivity index (χ4n) is 1.40. The quantitative estimate of drug-likeness (QED) is 0.616. The molecule has 0 bridgehead atoms. The summed E-state index contributed by atoms with van der Waals surface area (Å²) in [5, 5.41) is 17.6. The molecule has 0 unspecified atom stereocenters. The van der Waals surface area contributed by atoms with Gasteiger partial charge in [0.05, 0.1) is 25.7 Å². The van der Waals surface area contributed by atoms with Gasteiger partial charge in [-0.25, -0.2) is 8.42 Å². The standard InChI is InChI=1S/C11H15NO7S/c1-18-9-4-3-7(5-10(9)19-2)20(16,17)12-8(6-13)11(14)15/h3-5,8,12-13H,6H2,1-2H3,(H,14,15)/t8-/m1/s1. The van der Waals surface area contributed by atoms with E-state index in [4.69, 9.17) is 19.7 Å². The molecule has 0 aliphatic carbocycles. The summed E-state index contributed by atoms with van der Waals surface area (Å²) in [5.41, 5.74) is 0. The molecule has 0 radical (unpaired) electrons. The van der Waals surface area contributed by atoms with Crippen LogP contribution in [0.2, 0.25) is 0 Å². The lowest BCUT2D eigenvalue weighted by Crippen LogP contribution is -2.43. The van der Waals surface area contributed by atoms with Crippen molar-refractivity contribution in [2.75, 3.05) is 20.8 Å². The maximum atomic E-state index is 12.0. The van der Waals surface area contributed by atoms with Crippen molar-refractivity contribution in [1.29, 1.82) is 0 Å². The average Bonchev–Trinajstić information content (AvgIpc) is 2.43. The molecule has 0 aliphatic heterocycles. The number of sulfonamides is 1. The Morgan fingerprint density at radius 2 is 1.90 bits per heavy atom. The maximum Gasteiger partial charge on any atom is 0.324 e. The van der Waals surface area contributed by atoms with Crippen LogP contribution in [0.5, 0.6) is 11.5 Å². The number of aliphatic hydroxyl groups excluding tert-OH is 1. The zero-order valence-electron chi connectivity index (χ0n) is 10.9. The Morgan fingerprint density at radius 1 is 1.30 bits per heavy atom. The fourth-order valence-corrected chi connectivity index (χ4v) is 2.60. The topological polar surface area (TPSA) is 122 Å². The minimum Gasteiger partial charge on any atom is -0.493 e. The molecule has 9 heteroatoms. The predicted molar refractivity (Wildman–Crippen MR) is 68.4 cm³/mol. The second-order valence-electron chi connectivity index (χ2n) is 3.71. The van der Waals surface area contributed by atoms with E-state index < -0.39 is 28.6 Å². The van der Waals surface area contributed by atoms with Crippen LogP contribution in [-0.2, 0) is 14.8 Å². The summed E-state index contributed by atoms with van der Waals surface area (Å²) >= 11 is 0. The van der Waals surface area contributed by atoms with E-state index in [1.807, 2.05) is 4.72 Å². The summed E-state index contributed by atoms with van der Waals surface area (Å²) < 4.78 is 35.8. The van der Waals surface area contributed by atoms with Crippen molar-refractivity contribution >= 4 is 16.0 Å². The molecule has 1 aromatic rings. The molecular weight excluding hydrogens is 290 g/mol. The first-order chi connectivity index (χ1) is 9.35. The first-order valence-electron chi connectivity index (χ1n) is 5.43. The highest BCUT2D eigenvalue weighted by Gasteiger charge is 2.25. The van der Waals surface area contributed by atoms with Gasteiger partial charge < -0.3 is 19.7 Å². The molecule has 0 saturated carbocycles. The SMILES string of the molecule is COc1ccc(S(=O)(=O)N[C@H](CO)C(=O)O)cc1OC. The zero-order chi connectivity index (χ0) is 15.3. The van der Waals surface area contributed by atoms with Gasteiger partial charge in [0.15, 0.2) is 11.5 Å². The van der Waals surface area contributed by atoms with Crippen LogP contribution in [0.15, 0.2) is 23.1 Å². The van der Waals surface area contributed by atoms with Crippen molar-refractivity contribution in [2.45, 2.75) is 10.9 Å². The second-order valence-corrected chi connectivity index (χ2v) is 5.43. The molecule has 1 aromatic carbocycles. The summed E-state index contributed by atoms with van der Waals surface area (Å²) in [4.78, 5) is 10.5. The number of carbonyl (C=O) groups is 1. The number of carboxylic acid groups (broad SMARTS) is 1. The average molecular weight is 305 g/mol. The molecule has 3 N–H and O–H groups in total. The number of rotatable bonds is 7. The second kappa shape index (κ2) is 6.55. The highest BCUT2D eigenvalue weighted by Crippen LogP contribution is 2.29. The summed E-state index contributed by atoms with van der Waals surface area (Å²) in [7, 11) is -1.36. The van der Waals surface area contributed by atoms with Crippen LogP contribution in [0, 0.1) is 0 Å². The molecule has 0 spiro atoms. The van der Waals surface area contributed by atoms with Crippen LogP contribution in [0.3, 0.4) is 0 Å². The number of aliphatic carboxylic acids is 1. The van der Waals surface area contributed by atoms with Crippen LogP contribution in [0.25, 0.3) is 0 Å². The number of benzene rings is 1. The van der Waals surface area contributed by atoms with E-state index in [2.05, 4.69) is 0 Å². The Morgan fingerprint density at radius 3 is 2.35 bits per heavy atom. The van der Waals surface area contributed by atoms with E-state index in [9.17, 15) is 13.2 Å². The van der Waals surface area contributed by atoms with Gasteiger partial charge in [-0.15, -0.1) is 0 Å². The Kier molecular flexibility index (Phi) is 5.31. The molecule has 1 rings (SSSR count). The highest BCUT2D eigenvalue weighted by molar-refractivity contribution is 7.89. The Hall–Kier alpha value is -1.84. The highest BCUT2D eigenvalue weighted by atomic mass is 32.2. The van der Waals surface area contributed by atoms with Crippen LogP contribution in [0.4, 0.5) is 0 Å². The van der Waals surface area contributed by atoms with Crippen LogP contribution in [-0.4, -0.2) is 51.5 Å². The van der Waals surface area contributed by atoms with E-state index in [1.165, 1.54) is 32.4 Å². The molecule has 20 heavy (non-hydrogen) atoms. The third-order valence-electron chi connectivity index (χ3n) is 2.44. The van der Waals surface area contributed by atoms with Crippen LogP contribution in [0.1, 0.15) is 0 Å². The van der Waals surface area contributed by atoms with Gasteiger partial charge in [0.25, 0.3) is 0 Å². The van der Waals surface area contributed by atoms with Gasteiger partial charge >= 0.3 is 5.97 Å². The molecule has 0 amide bonds. The first-order valence-corrected chi connectivity index (χ1v) is 6.92. The van der Waals surface area contributed by atoms with Crippen molar-refractivity contribution in [3.63, 3.8) is 0 Å². The predicted octanol–water partition coefficient (Wildman–Crippen LogP) is -0.572. The van der Waals surface area contributed by atoms with Gasteiger partial charge in [0.1, 0.15) is 6.04 Å². The minimum absolute atomic E-state index is 0.186. The number of aliphatic hydroxyl groups is 1.